The van der Waals surface area contributed by atoms with Gasteiger partial charge in [-0.05, 0) is 44.5 Å². The van der Waals surface area contributed by atoms with Crippen molar-refractivity contribution in [2.24, 2.45) is 0 Å². The zero-order valence-corrected chi connectivity index (χ0v) is 12.2. The Morgan fingerprint density at radius 2 is 2.15 bits per heavy atom. The van der Waals surface area contributed by atoms with E-state index in [4.69, 9.17) is 9.84 Å². The van der Waals surface area contributed by atoms with Crippen LogP contribution >= 0.6 is 0 Å². The van der Waals surface area contributed by atoms with E-state index in [1.807, 2.05) is 39.0 Å². The predicted octanol–water partition coefficient (Wildman–Crippen LogP) is 2.09. The number of benzene rings is 1. The van der Waals surface area contributed by atoms with Crippen LogP contribution in [-0.4, -0.2) is 30.3 Å². The summed E-state index contributed by atoms with van der Waals surface area (Å²) in [7, 11) is 0. The number of amides is 1. The van der Waals surface area contributed by atoms with E-state index in [1.54, 1.807) is 0 Å². The number of rotatable bonds is 5. The molecular formula is C16H21NO3. The normalized spacial score (nSPS) is 10.1. The Kier molecular flexibility index (Phi) is 6.78. The molecule has 1 aromatic rings. The molecule has 0 saturated heterocycles. The molecule has 0 aliphatic rings. The van der Waals surface area contributed by atoms with Crippen LogP contribution in [0.2, 0.25) is 0 Å². The highest BCUT2D eigenvalue weighted by atomic mass is 16.5. The van der Waals surface area contributed by atoms with Crippen molar-refractivity contribution in [2.45, 2.75) is 33.3 Å². The third-order valence-corrected chi connectivity index (χ3v) is 2.38. The van der Waals surface area contributed by atoms with Crippen LogP contribution in [0, 0.1) is 18.8 Å². The molecule has 0 atom stereocenters. The highest BCUT2D eigenvalue weighted by molar-refractivity contribution is 5.92. The molecule has 4 heteroatoms. The maximum Gasteiger partial charge on any atom is 0.250 e. The number of hydrogen-bond acceptors (Lipinski definition) is 3. The molecule has 4 nitrogen and oxygen atoms in total. The quantitative estimate of drug-likeness (QED) is 0.809. The van der Waals surface area contributed by atoms with Gasteiger partial charge in [0.2, 0.25) is 5.91 Å². The van der Waals surface area contributed by atoms with E-state index in [9.17, 15) is 4.79 Å². The summed E-state index contributed by atoms with van der Waals surface area (Å²) in [5.74, 6) is 5.64. The van der Waals surface area contributed by atoms with Gasteiger partial charge in [0.15, 0.2) is 0 Å². The molecule has 1 amide bonds. The highest BCUT2D eigenvalue weighted by Gasteiger charge is 2.05. The minimum Gasteiger partial charge on any atom is -0.395 e. The molecule has 0 unspecified atom stereocenters. The van der Waals surface area contributed by atoms with E-state index in [0.29, 0.717) is 12.1 Å². The molecule has 20 heavy (non-hydrogen) atoms. The van der Waals surface area contributed by atoms with Crippen LogP contribution in [-0.2, 0) is 9.53 Å². The van der Waals surface area contributed by atoms with Gasteiger partial charge in [-0.3, -0.25) is 4.79 Å². The summed E-state index contributed by atoms with van der Waals surface area (Å²) in [6.07, 6.45) is 0.468. The molecule has 1 aromatic carbocycles. The summed E-state index contributed by atoms with van der Waals surface area (Å²) in [5.41, 5.74) is 2.54. The number of aliphatic hydroxyl groups excluding tert-OH is 1. The molecule has 0 saturated carbocycles. The second-order valence-corrected chi connectivity index (χ2v) is 4.77. The van der Waals surface area contributed by atoms with Crippen molar-refractivity contribution in [2.75, 3.05) is 18.5 Å². The molecule has 0 aromatic heterocycles. The van der Waals surface area contributed by atoms with Crippen molar-refractivity contribution >= 4 is 11.6 Å². The first-order valence-corrected chi connectivity index (χ1v) is 6.64. The van der Waals surface area contributed by atoms with Crippen LogP contribution in [0.15, 0.2) is 18.2 Å². The number of carbonyl (C=O) groups is 1. The monoisotopic (exact) mass is 275 g/mol. The van der Waals surface area contributed by atoms with Crippen LogP contribution in [0.25, 0.3) is 0 Å². The molecule has 0 aliphatic heterocycles. The first kappa shape index (κ1) is 16.2. The number of hydrogen-bond donors (Lipinski definition) is 2. The van der Waals surface area contributed by atoms with Gasteiger partial charge in [0.1, 0.15) is 6.61 Å². The van der Waals surface area contributed by atoms with Gasteiger partial charge in [-0.15, -0.1) is 0 Å². The first-order chi connectivity index (χ1) is 9.51. The van der Waals surface area contributed by atoms with Gasteiger partial charge in [-0.1, -0.05) is 11.8 Å². The molecule has 2 N–H and O–H groups in total. The molecule has 0 aliphatic carbocycles. The number of aliphatic hydroxyl groups is 1. The van der Waals surface area contributed by atoms with Gasteiger partial charge < -0.3 is 15.2 Å². The van der Waals surface area contributed by atoms with Crippen molar-refractivity contribution in [3.8, 4) is 11.8 Å². The van der Waals surface area contributed by atoms with Gasteiger partial charge in [-0.2, -0.15) is 0 Å². The standard InChI is InChI=1S/C16H21NO3/c1-12(2)20-11-16(19)17-15-9-13(3)8-14(10-15)6-4-5-7-18/h8-10,12,18H,5,7,11H2,1-3H3,(H,17,19). The Bertz CT molecular complexity index is 512. The summed E-state index contributed by atoms with van der Waals surface area (Å²) in [6, 6.07) is 5.62. The van der Waals surface area contributed by atoms with Crippen molar-refractivity contribution in [1.29, 1.82) is 0 Å². The van der Waals surface area contributed by atoms with Gasteiger partial charge in [0, 0.05) is 17.7 Å². The van der Waals surface area contributed by atoms with Crippen LogP contribution in [0.3, 0.4) is 0 Å². The molecule has 0 radical (unpaired) electrons. The van der Waals surface area contributed by atoms with E-state index in [-0.39, 0.29) is 25.2 Å². The lowest BCUT2D eigenvalue weighted by molar-refractivity contribution is -0.121. The maximum atomic E-state index is 11.7. The van der Waals surface area contributed by atoms with E-state index >= 15 is 0 Å². The average Bonchev–Trinajstić information content (AvgIpc) is 2.36. The van der Waals surface area contributed by atoms with Gasteiger partial charge in [0.25, 0.3) is 0 Å². The number of aryl methyl sites for hydroxylation is 1. The Morgan fingerprint density at radius 3 is 2.80 bits per heavy atom. The maximum absolute atomic E-state index is 11.7. The van der Waals surface area contributed by atoms with Crippen LogP contribution in [0.4, 0.5) is 5.69 Å². The van der Waals surface area contributed by atoms with Gasteiger partial charge in [0.05, 0.1) is 12.7 Å². The molecule has 0 heterocycles. The fourth-order valence-electron chi connectivity index (χ4n) is 1.59. The SMILES string of the molecule is Cc1cc(C#CCCO)cc(NC(=O)COC(C)C)c1. The van der Waals surface area contributed by atoms with Gasteiger partial charge in [-0.25, -0.2) is 0 Å². The summed E-state index contributed by atoms with van der Waals surface area (Å²) >= 11 is 0. The fraction of sp³-hybridized carbons (Fsp3) is 0.438. The highest BCUT2D eigenvalue weighted by Crippen LogP contribution is 2.14. The third-order valence-electron chi connectivity index (χ3n) is 2.38. The molecule has 1 rings (SSSR count). The molecule has 0 fully saturated rings. The zero-order chi connectivity index (χ0) is 15.0. The molecular weight excluding hydrogens is 254 g/mol. The van der Waals surface area contributed by atoms with E-state index in [0.717, 1.165) is 11.1 Å². The summed E-state index contributed by atoms with van der Waals surface area (Å²) < 4.78 is 5.25. The topological polar surface area (TPSA) is 58.6 Å². The minimum absolute atomic E-state index is 0.0261. The minimum atomic E-state index is -0.182. The van der Waals surface area contributed by atoms with Crippen molar-refractivity contribution in [3.63, 3.8) is 0 Å². The average molecular weight is 275 g/mol. The lowest BCUT2D eigenvalue weighted by Gasteiger charge is -2.09. The van der Waals surface area contributed by atoms with Crippen LogP contribution in [0.5, 0.6) is 0 Å². The Balaban J connectivity index is 2.71. The fourth-order valence-corrected chi connectivity index (χ4v) is 1.59. The predicted molar refractivity (Wildman–Crippen MR) is 79.5 cm³/mol. The zero-order valence-electron chi connectivity index (χ0n) is 12.2. The Hall–Kier alpha value is -1.83. The van der Waals surface area contributed by atoms with E-state index < -0.39 is 0 Å². The first-order valence-electron chi connectivity index (χ1n) is 6.64. The summed E-state index contributed by atoms with van der Waals surface area (Å²) in [4.78, 5) is 11.7. The lowest BCUT2D eigenvalue weighted by Crippen LogP contribution is -2.20. The largest absolute Gasteiger partial charge is 0.395 e. The number of anilines is 1. The van der Waals surface area contributed by atoms with Crippen molar-refractivity contribution < 1.29 is 14.6 Å². The molecule has 108 valence electrons. The Labute approximate surface area is 120 Å². The van der Waals surface area contributed by atoms with Crippen molar-refractivity contribution in [3.05, 3.63) is 29.3 Å². The van der Waals surface area contributed by atoms with Crippen LogP contribution < -0.4 is 5.32 Å². The molecule has 0 spiro atoms. The third kappa shape index (κ3) is 6.37. The second kappa shape index (κ2) is 8.36. The lowest BCUT2D eigenvalue weighted by atomic mass is 10.1. The van der Waals surface area contributed by atoms with E-state index in [2.05, 4.69) is 17.2 Å². The number of nitrogens with one attached hydrogen (secondary N) is 1. The smallest absolute Gasteiger partial charge is 0.250 e. The Morgan fingerprint density at radius 1 is 1.40 bits per heavy atom. The second-order valence-electron chi connectivity index (χ2n) is 4.77. The molecule has 0 bridgehead atoms. The number of ether oxygens (including phenoxy) is 1. The van der Waals surface area contributed by atoms with Crippen LogP contribution in [0.1, 0.15) is 31.4 Å². The van der Waals surface area contributed by atoms with Gasteiger partial charge >= 0.3 is 0 Å². The van der Waals surface area contributed by atoms with Crippen molar-refractivity contribution in [1.82, 2.24) is 0 Å². The summed E-state index contributed by atoms with van der Waals surface area (Å²) in [6.45, 7) is 5.80. The summed E-state index contributed by atoms with van der Waals surface area (Å²) in [5, 5.41) is 11.5. The number of carbonyl (C=O) groups excluding carboxylic acids is 1. The van der Waals surface area contributed by atoms with E-state index in [1.165, 1.54) is 0 Å².